The van der Waals surface area contributed by atoms with Crippen molar-refractivity contribution in [1.82, 2.24) is 9.80 Å². The molecule has 6 fully saturated rings. The van der Waals surface area contributed by atoms with E-state index in [0.717, 1.165) is 23.7 Å². The standard InChI is InChI=1S/C30H48N2O4/c1-19(16-26(33)31-12-14-32(15-13-31)27(34)36-5)22-6-7-23-21-17-25(35-4)30-18-20(30)8-11-29(30,3)24(21)9-10-28(22,23)2/h19-25H,6-18H2,1-5H3/t19-,20-,21+,22-,23+,24+,25?,28-,29-,30?/m1/s1. The van der Waals surface area contributed by atoms with Gasteiger partial charge in [0.25, 0.3) is 0 Å². The van der Waals surface area contributed by atoms with E-state index in [1.165, 1.54) is 58.5 Å². The maximum Gasteiger partial charge on any atom is 0.409 e. The number of piperazine rings is 1. The minimum absolute atomic E-state index is 0.269. The summed E-state index contributed by atoms with van der Waals surface area (Å²) in [4.78, 5) is 28.7. The van der Waals surface area contributed by atoms with Gasteiger partial charge in [0, 0.05) is 45.1 Å². The highest BCUT2D eigenvalue weighted by atomic mass is 16.5. The third-order valence-corrected chi connectivity index (χ3v) is 13.2. The molecule has 1 spiro atoms. The average Bonchev–Trinajstić information content (AvgIpc) is 3.38. The van der Waals surface area contributed by atoms with E-state index in [0.29, 0.717) is 66.8 Å². The van der Waals surface area contributed by atoms with Gasteiger partial charge in [-0.1, -0.05) is 20.8 Å². The van der Waals surface area contributed by atoms with Gasteiger partial charge in [0.2, 0.25) is 5.91 Å². The summed E-state index contributed by atoms with van der Waals surface area (Å²) in [5, 5.41) is 0. The van der Waals surface area contributed by atoms with Crippen LogP contribution in [0.5, 0.6) is 0 Å². The lowest BCUT2D eigenvalue weighted by molar-refractivity contribution is -0.161. The van der Waals surface area contributed by atoms with Crippen molar-refractivity contribution in [3.63, 3.8) is 0 Å². The summed E-state index contributed by atoms with van der Waals surface area (Å²) in [5.74, 6) is 4.69. The third kappa shape index (κ3) is 3.31. The van der Waals surface area contributed by atoms with Crippen LogP contribution in [0.2, 0.25) is 0 Å². The van der Waals surface area contributed by atoms with Crippen LogP contribution in [-0.2, 0) is 14.3 Å². The molecule has 1 aliphatic heterocycles. The van der Waals surface area contributed by atoms with Crippen molar-refractivity contribution < 1.29 is 19.1 Å². The second kappa shape index (κ2) is 8.61. The molecule has 1 saturated heterocycles. The Morgan fingerprint density at radius 1 is 0.944 bits per heavy atom. The normalized spacial score (nSPS) is 47.9. The summed E-state index contributed by atoms with van der Waals surface area (Å²) in [6, 6.07) is 0. The third-order valence-electron chi connectivity index (χ3n) is 13.2. The molecular formula is C30H48N2O4. The van der Waals surface area contributed by atoms with Gasteiger partial charge in [-0.25, -0.2) is 4.79 Å². The van der Waals surface area contributed by atoms with Crippen LogP contribution in [0.25, 0.3) is 0 Å². The first-order valence-electron chi connectivity index (χ1n) is 14.8. The average molecular weight is 501 g/mol. The lowest BCUT2D eigenvalue weighted by atomic mass is 9.45. The Labute approximate surface area is 217 Å². The summed E-state index contributed by atoms with van der Waals surface area (Å²) in [7, 11) is 3.40. The number of nitrogens with zero attached hydrogens (tertiary/aromatic N) is 2. The lowest BCUT2D eigenvalue weighted by Gasteiger charge is -2.61. The van der Waals surface area contributed by atoms with Gasteiger partial charge in [0.1, 0.15) is 0 Å². The van der Waals surface area contributed by atoms with E-state index in [9.17, 15) is 9.59 Å². The first-order valence-corrected chi connectivity index (χ1v) is 14.8. The lowest BCUT2D eigenvalue weighted by Crippen LogP contribution is -2.57. The van der Waals surface area contributed by atoms with E-state index in [4.69, 9.17) is 9.47 Å². The molecule has 5 saturated carbocycles. The quantitative estimate of drug-likeness (QED) is 0.532. The van der Waals surface area contributed by atoms with Gasteiger partial charge >= 0.3 is 6.09 Å². The maximum atomic E-state index is 13.3. The minimum Gasteiger partial charge on any atom is -0.453 e. The summed E-state index contributed by atoms with van der Waals surface area (Å²) < 4.78 is 11.1. The van der Waals surface area contributed by atoms with Crippen LogP contribution in [0.3, 0.4) is 0 Å². The van der Waals surface area contributed by atoms with E-state index in [1.54, 1.807) is 4.90 Å². The van der Waals surface area contributed by atoms with Gasteiger partial charge in [-0.3, -0.25) is 4.79 Å². The number of fused-ring (bicyclic) bond motifs is 4. The molecule has 0 N–H and O–H groups in total. The Morgan fingerprint density at radius 2 is 1.67 bits per heavy atom. The first-order chi connectivity index (χ1) is 17.2. The Hall–Kier alpha value is -1.30. The van der Waals surface area contributed by atoms with E-state index < -0.39 is 0 Å². The van der Waals surface area contributed by atoms with E-state index in [1.807, 2.05) is 12.0 Å². The molecule has 0 bridgehead atoms. The number of carbonyl (C=O) groups excluding carboxylic acids is 2. The van der Waals surface area contributed by atoms with Crippen LogP contribution < -0.4 is 0 Å². The van der Waals surface area contributed by atoms with Crippen LogP contribution in [0.4, 0.5) is 4.79 Å². The molecule has 0 aromatic carbocycles. The van der Waals surface area contributed by atoms with Crippen molar-refractivity contribution in [1.29, 1.82) is 0 Å². The highest BCUT2D eigenvalue weighted by Gasteiger charge is 2.77. The fourth-order valence-electron chi connectivity index (χ4n) is 11.4. The molecule has 6 nitrogen and oxygen atoms in total. The molecule has 6 rings (SSSR count). The van der Waals surface area contributed by atoms with Crippen LogP contribution in [0.1, 0.15) is 78.6 Å². The number of hydrogen-bond donors (Lipinski definition) is 0. The van der Waals surface area contributed by atoms with Gasteiger partial charge in [0.15, 0.2) is 0 Å². The topological polar surface area (TPSA) is 59.1 Å². The molecule has 1 heterocycles. The summed E-state index contributed by atoms with van der Waals surface area (Å²) >= 11 is 0. The Kier molecular flexibility index (Phi) is 5.98. The van der Waals surface area contributed by atoms with Crippen molar-refractivity contribution in [3.05, 3.63) is 0 Å². The zero-order valence-electron chi connectivity index (χ0n) is 23.3. The predicted molar refractivity (Wildman–Crippen MR) is 138 cm³/mol. The Bertz CT molecular complexity index is 901. The molecule has 0 aromatic heterocycles. The van der Waals surface area contributed by atoms with Gasteiger partial charge in [0.05, 0.1) is 13.2 Å². The summed E-state index contributed by atoms with van der Waals surface area (Å²) in [6.45, 7) is 9.96. The number of rotatable bonds is 4. The van der Waals surface area contributed by atoms with Crippen LogP contribution in [0, 0.1) is 51.8 Å². The second-order valence-electron chi connectivity index (χ2n) is 14.0. The second-order valence-corrected chi connectivity index (χ2v) is 14.0. The van der Waals surface area contributed by atoms with E-state index >= 15 is 0 Å². The van der Waals surface area contributed by atoms with E-state index in [-0.39, 0.29) is 12.0 Å². The molecule has 5 aliphatic carbocycles. The zero-order chi connectivity index (χ0) is 25.5. The van der Waals surface area contributed by atoms with Crippen molar-refractivity contribution in [3.8, 4) is 0 Å². The molecule has 2 unspecified atom stereocenters. The zero-order valence-corrected chi connectivity index (χ0v) is 23.3. The molecule has 6 aliphatic rings. The Morgan fingerprint density at radius 3 is 2.33 bits per heavy atom. The van der Waals surface area contributed by atoms with Crippen molar-refractivity contribution in [2.24, 2.45) is 51.8 Å². The van der Waals surface area contributed by atoms with Gasteiger partial charge < -0.3 is 19.3 Å². The van der Waals surface area contributed by atoms with Gasteiger partial charge in [-0.2, -0.15) is 0 Å². The largest absolute Gasteiger partial charge is 0.453 e. The van der Waals surface area contributed by atoms with Crippen molar-refractivity contribution in [2.45, 2.75) is 84.7 Å². The number of methoxy groups -OCH3 is 2. The summed E-state index contributed by atoms with van der Waals surface area (Å²) in [5.41, 5.74) is 1.33. The predicted octanol–water partition coefficient (Wildman–Crippen LogP) is 5.21. The van der Waals surface area contributed by atoms with Gasteiger partial charge in [-0.15, -0.1) is 0 Å². The monoisotopic (exact) mass is 500 g/mol. The highest BCUT2D eigenvalue weighted by molar-refractivity contribution is 5.77. The molecule has 2 amide bonds. The van der Waals surface area contributed by atoms with Crippen LogP contribution in [-0.4, -0.2) is 68.3 Å². The first kappa shape index (κ1) is 25.0. The maximum absolute atomic E-state index is 13.3. The fraction of sp³-hybridized carbons (Fsp3) is 0.933. The summed E-state index contributed by atoms with van der Waals surface area (Å²) in [6.07, 6.45) is 11.7. The van der Waals surface area contributed by atoms with Crippen LogP contribution >= 0.6 is 0 Å². The van der Waals surface area contributed by atoms with Gasteiger partial charge in [-0.05, 0) is 97.7 Å². The van der Waals surface area contributed by atoms with Crippen LogP contribution in [0.15, 0.2) is 0 Å². The molecular weight excluding hydrogens is 452 g/mol. The molecule has 0 radical (unpaired) electrons. The van der Waals surface area contributed by atoms with E-state index in [2.05, 4.69) is 20.8 Å². The molecule has 0 aromatic rings. The molecule has 36 heavy (non-hydrogen) atoms. The number of carbonyl (C=O) groups is 2. The number of amides is 2. The molecule has 6 heteroatoms. The smallest absolute Gasteiger partial charge is 0.409 e. The molecule has 202 valence electrons. The highest BCUT2D eigenvalue weighted by Crippen LogP contribution is 2.82. The molecule has 10 atom stereocenters. The van der Waals surface area contributed by atoms with Crippen molar-refractivity contribution >= 4 is 12.0 Å². The number of ether oxygens (including phenoxy) is 2. The minimum atomic E-state index is -0.288. The fourth-order valence-corrected chi connectivity index (χ4v) is 11.4. The van der Waals surface area contributed by atoms with Crippen molar-refractivity contribution in [2.75, 3.05) is 40.4 Å². The number of hydrogen-bond acceptors (Lipinski definition) is 4. The SMILES string of the molecule is COC(=O)N1CCN(C(=O)C[C@@H](C)[C@H]2CC[C@H]3[C@@H]4CC(OC)C56C[C@H]5CC[C@]6(C)[C@H]4CC[C@]23C)CC1. The Balaban J connectivity index is 1.13.